The van der Waals surface area contributed by atoms with E-state index in [0.29, 0.717) is 0 Å². The normalized spacial score (nSPS) is 11.9. The summed E-state index contributed by atoms with van der Waals surface area (Å²) >= 11 is 1.71. The highest BCUT2D eigenvalue weighted by atomic mass is 32.1. The van der Waals surface area contributed by atoms with Crippen LogP contribution in [-0.4, -0.2) is 14.8 Å². The van der Waals surface area contributed by atoms with E-state index in [1.165, 1.54) is 4.88 Å². The van der Waals surface area contributed by atoms with Crippen molar-refractivity contribution in [3.8, 4) is 5.75 Å². The number of hydrogen-bond acceptors (Lipinski definition) is 3. The van der Waals surface area contributed by atoms with Crippen molar-refractivity contribution in [2.45, 2.75) is 26.9 Å². The van der Waals surface area contributed by atoms with Gasteiger partial charge in [0.15, 0.2) is 0 Å². The van der Waals surface area contributed by atoms with Gasteiger partial charge in [0.1, 0.15) is 11.4 Å². The van der Waals surface area contributed by atoms with Gasteiger partial charge in [-0.3, -0.25) is 0 Å². The lowest BCUT2D eigenvalue weighted by molar-refractivity contribution is 0.581. The van der Waals surface area contributed by atoms with Crippen LogP contribution in [0.15, 0.2) is 40.7 Å². The highest BCUT2D eigenvalue weighted by Crippen LogP contribution is 2.32. The van der Waals surface area contributed by atoms with E-state index in [4.69, 9.17) is 9.42 Å². The summed E-state index contributed by atoms with van der Waals surface area (Å²) < 4.78 is 5.98. The molecule has 0 amide bonds. The molecule has 0 saturated carbocycles. The van der Waals surface area contributed by atoms with Gasteiger partial charge in [0.05, 0.1) is 5.71 Å². The Morgan fingerprint density at radius 3 is 2.63 bits per heavy atom. The van der Waals surface area contributed by atoms with E-state index in [-0.39, 0.29) is 0 Å². The lowest BCUT2D eigenvalue weighted by Gasteiger charge is -2.14. The van der Waals surface area contributed by atoms with E-state index in [1.807, 2.05) is 12.1 Å². The van der Waals surface area contributed by atoms with Gasteiger partial charge in [-0.15, -0.1) is 11.3 Å². The predicted molar refractivity (Wildman–Crippen MR) is 86.9 cm³/mol. The van der Waals surface area contributed by atoms with Gasteiger partial charge in [0.2, 0.25) is 9.04 Å². The van der Waals surface area contributed by atoms with Gasteiger partial charge < -0.3 is 4.43 Å². The maximum absolute atomic E-state index is 5.98. The maximum atomic E-state index is 5.98. The molecule has 4 heteroatoms. The highest BCUT2D eigenvalue weighted by Gasteiger charge is 2.09. The van der Waals surface area contributed by atoms with Gasteiger partial charge in [0, 0.05) is 4.88 Å². The molecule has 0 aliphatic rings. The first-order valence-corrected chi connectivity index (χ1v) is 10.1. The Bertz CT molecular complexity index is 576. The summed E-state index contributed by atoms with van der Waals surface area (Å²) in [7, 11) is -1.12. The number of benzene rings is 1. The summed E-state index contributed by atoms with van der Waals surface area (Å²) in [5.41, 5.74) is 3.16. The molecule has 0 spiro atoms. The molecule has 1 aromatic heterocycles. The van der Waals surface area contributed by atoms with Crippen molar-refractivity contribution in [2.75, 3.05) is 0 Å². The van der Waals surface area contributed by atoms with Gasteiger partial charge >= 0.3 is 0 Å². The fraction of sp³-hybridized carbons (Fsp3) is 0.267. The van der Waals surface area contributed by atoms with Crippen molar-refractivity contribution in [3.63, 3.8) is 0 Å². The van der Waals surface area contributed by atoms with Crippen LogP contribution in [0, 0.1) is 6.92 Å². The third-order valence-corrected chi connectivity index (χ3v) is 4.42. The van der Waals surface area contributed by atoms with Crippen LogP contribution >= 0.6 is 11.3 Å². The number of aryl methyl sites for hydroxylation is 1. The molecule has 0 radical (unpaired) electrons. The number of para-hydroxylation sites is 1. The number of nitrogens with zero attached hydrogens (tertiary/aromatic N) is 1. The van der Waals surface area contributed by atoms with Crippen LogP contribution in [0.4, 0.5) is 5.69 Å². The molecule has 1 heterocycles. The summed E-state index contributed by atoms with van der Waals surface area (Å²) in [5.74, 6) is 0.914. The molecule has 1 aromatic carbocycles. The predicted octanol–water partition coefficient (Wildman–Crippen LogP) is 4.56. The Balaban J connectivity index is 2.41. The number of thiophene rings is 1. The molecular formula is C15H19NOSSi. The first-order chi connectivity index (χ1) is 9.08. The van der Waals surface area contributed by atoms with E-state index in [1.54, 1.807) is 11.3 Å². The van der Waals surface area contributed by atoms with Crippen LogP contribution in [0.3, 0.4) is 0 Å². The zero-order valence-electron chi connectivity index (χ0n) is 11.8. The second-order valence-corrected chi connectivity index (χ2v) is 8.04. The number of hydrogen-bond donors (Lipinski definition) is 0. The van der Waals surface area contributed by atoms with Gasteiger partial charge in [-0.25, -0.2) is 4.99 Å². The SMILES string of the molecule is CC(=Nc1c(C)cccc1O[SiH](C)C)c1cccs1. The minimum atomic E-state index is -1.12. The highest BCUT2D eigenvalue weighted by molar-refractivity contribution is 7.12. The molecule has 0 N–H and O–H groups in total. The quantitative estimate of drug-likeness (QED) is 0.597. The molecule has 0 bridgehead atoms. The topological polar surface area (TPSA) is 21.6 Å². The van der Waals surface area contributed by atoms with Crippen LogP contribution in [0.1, 0.15) is 17.4 Å². The Morgan fingerprint density at radius 1 is 1.21 bits per heavy atom. The summed E-state index contributed by atoms with van der Waals surface area (Å²) in [6, 6.07) is 10.3. The smallest absolute Gasteiger partial charge is 0.229 e. The Kier molecular flexibility index (Phi) is 4.55. The van der Waals surface area contributed by atoms with Crippen molar-refractivity contribution in [1.82, 2.24) is 0 Å². The third kappa shape index (κ3) is 3.55. The number of aliphatic imine (C=N–C) groups is 1. The lowest BCUT2D eigenvalue weighted by Crippen LogP contribution is -2.11. The van der Waals surface area contributed by atoms with Gasteiger partial charge in [-0.2, -0.15) is 0 Å². The lowest BCUT2D eigenvalue weighted by atomic mass is 10.2. The fourth-order valence-electron chi connectivity index (χ4n) is 1.83. The van der Waals surface area contributed by atoms with E-state index in [2.05, 4.69) is 50.5 Å². The first-order valence-electron chi connectivity index (χ1n) is 6.43. The molecule has 0 unspecified atom stereocenters. The van der Waals surface area contributed by atoms with Gasteiger partial charge in [-0.1, -0.05) is 18.2 Å². The second kappa shape index (κ2) is 6.17. The molecule has 0 saturated heterocycles. The van der Waals surface area contributed by atoms with E-state index in [9.17, 15) is 0 Å². The zero-order valence-corrected chi connectivity index (χ0v) is 13.8. The summed E-state index contributed by atoms with van der Waals surface area (Å²) in [5, 5.41) is 2.07. The van der Waals surface area contributed by atoms with Crippen LogP contribution in [-0.2, 0) is 0 Å². The van der Waals surface area contributed by atoms with Crippen molar-refractivity contribution in [1.29, 1.82) is 0 Å². The molecule has 2 rings (SSSR count). The minimum absolute atomic E-state index is 0.914. The fourth-order valence-corrected chi connectivity index (χ4v) is 3.21. The van der Waals surface area contributed by atoms with Crippen molar-refractivity contribution >= 4 is 31.8 Å². The number of rotatable bonds is 4. The van der Waals surface area contributed by atoms with Crippen LogP contribution in [0.5, 0.6) is 5.75 Å². The van der Waals surface area contributed by atoms with Gasteiger partial charge in [-0.05, 0) is 50.0 Å². The molecule has 2 nitrogen and oxygen atoms in total. The largest absolute Gasteiger partial charge is 0.546 e. The first kappa shape index (κ1) is 14.0. The average molecular weight is 289 g/mol. The van der Waals surface area contributed by atoms with Crippen molar-refractivity contribution in [3.05, 3.63) is 46.2 Å². The Labute approximate surface area is 120 Å². The molecular weight excluding hydrogens is 270 g/mol. The minimum Gasteiger partial charge on any atom is -0.546 e. The Morgan fingerprint density at radius 2 is 2.00 bits per heavy atom. The monoisotopic (exact) mass is 289 g/mol. The molecule has 0 fully saturated rings. The standard InChI is InChI=1S/C15H19NOSSi/c1-11-7-5-8-13(17-19(3)4)15(11)16-12(2)14-9-6-10-18-14/h5-10,19H,1-4H3. The molecule has 2 aromatic rings. The average Bonchev–Trinajstić information content (AvgIpc) is 2.86. The van der Waals surface area contributed by atoms with Crippen LogP contribution in [0.2, 0.25) is 13.1 Å². The van der Waals surface area contributed by atoms with Crippen molar-refractivity contribution < 1.29 is 4.43 Å². The summed E-state index contributed by atoms with van der Waals surface area (Å²) in [6.07, 6.45) is 0. The van der Waals surface area contributed by atoms with Crippen LogP contribution in [0.25, 0.3) is 0 Å². The second-order valence-electron chi connectivity index (χ2n) is 4.76. The summed E-state index contributed by atoms with van der Waals surface area (Å²) in [4.78, 5) is 5.98. The molecule has 0 aliphatic heterocycles. The third-order valence-electron chi connectivity index (χ3n) is 2.72. The van der Waals surface area contributed by atoms with E-state index >= 15 is 0 Å². The summed E-state index contributed by atoms with van der Waals surface area (Å²) in [6.45, 7) is 8.47. The van der Waals surface area contributed by atoms with E-state index in [0.717, 1.165) is 22.7 Å². The molecule has 19 heavy (non-hydrogen) atoms. The van der Waals surface area contributed by atoms with Crippen LogP contribution < -0.4 is 4.43 Å². The zero-order chi connectivity index (χ0) is 13.8. The molecule has 100 valence electrons. The van der Waals surface area contributed by atoms with Crippen molar-refractivity contribution in [2.24, 2.45) is 4.99 Å². The maximum Gasteiger partial charge on any atom is 0.229 e. The Hall–Kier alpha value is -1.39. The van der Waals surface area contributed by atoms with Gasteiger partial charge in [0.25, 0.3) is 0 Å². The molecule has 0 aliphatic carbocycles. The molecule has 0 atom stereocenters. The van der Waals surface area contributed by atoms with E-state index < -0.39 is 9.04 Å².